The minimum absolute atomic E-state index is 0.00377. The second kappa shape index (κ2) is 12.7. The number of carbonyl (C=O) groups is 5. The molecule has 0 spiro atoms. The van der Waals surface area contributed by atoms with Gasteiger partial charge < -0.3 is 42.6 Å². The first kappa shape index (κ1) is 28.3. The number of aromatic amines is 1. The fourth-order valence-electron chi connectivity index (χ4n) is 3.46. The molecule has 0 saturated carbocycles. The lowest BCUT2D eigenvalue weighted by molar-refractivity contribution is -0.142. The average Bonchev–Trinajstić information content (AvgIpc) is 3.22. The molecule has 0 aliphatic carbocycles. The number of hydrogen-bond donors (Lipinski definition) is 8. The lowest BCUT2D eigenvalue weighted by Crippen LogP contribution is -2.60. The molecule has 0 fully saturated rings. The number of rotatable bonds is 13. The van der Waals surface area contributed by atoms with Crippen LogP contribution in [0.3, 0.4) is 0 Å². The molecule has 0 radical (unpaired) electrons. The van der Waals surface area contributed by atoms with Crippen molar-refractivity contribution in [2.45, 2.75) is 63.4 Å². The number of aliphatic carboxylic acids is 1. The zero-order valence-corrected chi connectivity index (χ0v) is 20.0. The molecule has 4 amide bonds. The van der Waals surface area contributed by atoms with E-state index in [4.69, 9.17) is 16.6 Å². The number of amides is 4. The third-order valence-corrected chi connectivity index (χ3v) is 5.56. The van der Waals surface area contributed by atoms with Crippen molar-refractivity contribution in [3.05, 3.63) is 36.0 Å². The van der Waals surface area contributed by atoms with Crippen LogP contribution in [0.1, 0.15) is 32.3 Å². The van der Waals surface area contributed by atoms with Crippen molar-refractivity contribution in [2.24, 2.45) is 11.5 Å². The van der Waals surface area contributed by atoms with E-state index in [9.17, 15) is 29.1 Å². The van der Waals surface area contributed by atoms with Crippen molar-refractivity contribution in [1.29, 1.82) is 0 Å². The van der Waals surface area contributed by atoms with Crippen LogP contribution in [-0.2, 0) is 30.4 Å². The molecular formula is C23H32N6O7. The van der Waals surface area contributed by atoms with E-state index in [0.717, 1.165) is 10.9 Å². The molecule has 1 aromatic heterocycles. The highest BCUT2D eigenvalue weighted by Gasteiger charge is 2.32. The van der Waals surface area contributed by atoms with Gasteiger partial charge >= 0.3 is 5.97 Å². The van der Waals surface area contributed by atoms with Gasteiger partial charge in [0.25, 0.3) is 0 Å². The van der Waals surface area contributed by atoms with Crippen LogP contribution in [0.2, 0.25) is 0 Å². The molecule has 2 aromatic rings. The molecule has 13 heteroatoms. The van der Waals surface area contributed by atoms with Gasteiger partial charge in [-0.05, 0) is 31.9 Å². The molecule has 0 aliphatic heterocycles. The van der Waals surface area contributed by atoms with Crippen LogP contribution in [0.4, 0.5) is 0 Å². The van der Waals surface area contributed by atoms with Crippen LogP contribution in [-0.4, -0.2) is 75.1 Å². The summed E-state index contributed by atoms with van der Waals surface area (Å²) in [5, 5.41) is 27.0. The molecular weight excluding hydrogens is 472 g/mol. The molecule has 1 aromatic carbocycles. The summed E-state index contributed by atoms with van der Waals surface area (Å²) in [7, 11) is 0. The number of aliphatic hydroxyl groups excluding tert-OH is 1. The zero-order chi connectivity index (χ0) is 27.0. The first-order valence-corrected chi connectivity index (χ1v) is 11.3. The fraction of sp³-hybridized carbons (Fsp3) is 0.435. The highest BCUT2D eigenvalue weighted by molar-refractivity contribution is 5.95. The molecule has 10 N–H and O–H groups in total. The summed E-state index contributed by atoms with van der Waals surface area (Å²) in [5.41, 5.74) is 12.4. The molecule has 5 unspecified atom stereocenters. The SMILES string of the molecule is CC(NC(=O)C(NC(=O)C(Cc1c[nH]c2ccccc12)NC(=O)C(N)CCC(N)=O)C(C)O)C(=O)O. The normalized spacial score (nSPS) is 15.2. The summed E-state index contributed by atoms with van der Waals surface area (Å²) in [6.45, 7) is 2.48. The van der Waals surface area contributed by atoms with Crippen molar-refractivity contribution >= 4 is 40.5 Å². The number of aromatic nitrogens is 1. The lowest BCUT2D eigenvalue weighted by atomic mass is 10.0. The second-order valence-electron chi connectivity index (χ2n) is 8.53. The number of carboxylic acids is 1. The maximum absolute atomic E-state index is 13.2. The predicted octanol–water partition coefficient (Wildman–Crippen LogP) is -1.76. The second-order valence-corrected chi connectivity index (χ2v) is 8.53. The Balaban J connectivity index is 2.26. The Kier molecular flexibility index (Phi) is 9.93. The zero-order valence-electron chi connectivity index (χ0n) is 20.0. The van der Waals surface area contributed by atoms with Crippen LogP contribution >= 0.6 is 0 Å². The topological polar surface area (TPSA) is 230 Å². The van der Waals surface area contributed by atoms with E-state index < -0.39 is 59.9 Å². The standard InChI is InChI=1S/C23H32N6O7/c1-11(23(35)36)27-22(34)19(12(2)30)29-21(33)17(28-20(32)15(24)7-8-18(25)31)9-13-10-26-16-6-4-3-5-14(13)16/h3-6,10-12,15,17,19,26,30H,7-9,24H2,1-2H3,(H2,25,31)(H,27,34)(H,28,32)(H,29,33)(H,35,36). The molecule has 0 aliphatic rings. The number of primary amides is 1. The molecule has 196 valence electrons. The van der Waals surface area contributed by atoms with Gasteiger partial charge in [0, 0.05) is 29.9 Å². The summed E-state index contributed by atoms with van der Waals surface area (Å²) >= 11 is 0. The number of nitrogens with one attached hydrogen (secondary N) is 4. The third kappa shape index (κ3) is 7.78. The maximum atomic E-state index is 13.2. The average molecular weight is 505 g/mol. The summed E-state index contributed by atoms with van der Waals surface area (Å²) in [4.78, 5) is 63.6. The van der Waals surface area contributed by atoms with Gasteiger partial charge in [-0.25, -0.2) is 0 Å². The summed E-state index contributed by atoms with van der Waals surface area (Å²) in [6.07, 6.45) is 0.146. The summed E-state index contributed by atoms with van der Waals surface area (Å²) in [6, 6.07) is 2.21. The predicted molar refractivity (Wildman–Crippen MR) is 129 cm³/mol. The number of aliphatic hydroxyl groups is 1. The maximum Gasteiger partial charge on any atom is 0.325 e. The molecule has 1 heterocycles. The molecule has 5 atom stereocenters. The monoisotopic (exact) mass is 504 g/mol. The van der Waals surface area contributed by atoms with Gasteiger partial charge in [0.15, 0.2) is 0 Å². The number of benzene rings is 1. The molecule has 2 rings (SSSR count). The van der Waals surface area contributed by atoms with Crippen molar-refractivity contribution in [3.8, 4) is 0 Å². The largest absolute Gasteiger partial charge is 0.480 e. The summed E-state index contributed by atoms with van der Waals surface area (Å²) < 4.78 is 0. The van der Waals surface area contributed by atoms with E-state index in [-0.39, 0.29) is 19.3 Å². The van der Waals surface area contributed by atoms with Crippen LogP contribution in [0, 0.1) is 0 Å². The Bertz CT molecular complexity index is 1120. The highest BCUT2D eigenvalue weighted by atomic mass is 16.4. The highest BCUT2D eigenvalue weighted by Crippen LogP contribution is 2.19. The van der Waals surface area contributed by atoms with Gasteiger partial charge in [0.2, 0.25) is 23.6 Å². The molecule has 13 nitrogen and oxygen atoms in total. The van der Waals surface area contributed by atoms with Crippen molar-refractivity contribution in [1.82, 2.24) is 20.9 Å². The minimum atomic E-state index is -1.50. The number of para-hydroxylation sites is 1. The van der Waals surface area contributed by atoms with E-state index in [1.165, 1.54) is 13.8 Å². The number of fused-ring (bicyclic) bond motifs is 1. The first-order valence-electron chi connectivity index (χ1n) is 11.3. The van der Waals surface area contributed by atoms with Gasteiger partial charge in [0.1, 0.15) is 18.1 Å². The van der Waals surface area contributed by atoms with Crippen LogP contribution in [0.15, 0.2) is 30.5 Å². The van der Waals surface area contributed by atoms with Crippen LogP contribution in [0.5, 0.6) is 0 Å². The Morgan fingerprint density at radius 2 is 1.67 bits per heavy atom. The quantitative estimate of drug-likeness (QED) is 0.155. The van der Waals surface area contributed by atoms with E-state index >= 15 is 0 Å². The van der Waals surface area contributed by atoms with Gasteiger partial charge in [-0.1, -0.05) is 18.2 Å². The van der Waals surface area contributed by atoms with Gasteiger partial charge in [0.05, 0.1) is 12.1 Å². The van der Waals surface area contributed by atoms with E-state index in [0.29, 0.717) is 5.56 Å². The Morgan fingerprint density at radius 1 is 1.00 bits per heavy atom. The van der Waals surface area contributed by atoms with Gasteiger partial charge in [-0.3, -0.25) is 24.0 Å². The molecule has 36 heavy (non-hydrogen) atoms. The summed E-state index contributed by atoms with van der Waals surface area (Å²) in [5.74, 6) is -4.36. The van der Waals surface area contributed by atoms with Crippen molar-refractivity contribution in [2.75, 3.05) is 0 Å². The number of nitrogens with two attached hydrogens (primary N) is 2. The van der Waals surface area contributed by atoms with Crippen LogP contribution < -0.4 is 27.4 Å². The van der Waals surface area contributed by atoms with Crippen molar-refractivity contribution < 1.29 is 34.2 Å². The Morgan fingerprint density at radius 3 is 2.28 bits per heavy atom. The smallest absolute Gasteiger partial charge is 0.325 e. The lowest BCUT2D eigenvalue weighted by Gasteiger charge is -2.26. The van der Waals surface area contributed by atoms with E-state index in [2.05, 4.69) is 20.9 Å². The van der Waals surface area contributed by atoms with Crippen molar-refractivity contribution in [3.63, 3.8) is 0 Å². The van der Waals surface area contributed by atoms with Crippen LogP contribution in [0.25, 0.3) is 10.9 Å². The molecule has 0 bridgehead atoms. The minimum Gasteiger partial charge on any atom is -0.480 e. The number of H-pyrrole nitrogens is 1. The first-order chi connectivity index (χ1) is 16.9. The number of carbonyl (C=O) groups excluding carboxylic acids is 4. The van der Waals surface area contributed by atoms with E-state index in [1.54, 1.807) is 6.20 Å². The van der Waals surface area contributed by atoms with Gasteiger partial charge in [-0.2, -0.15) is 0 Å². The number of hydrogen-bond acceptors (Lipinski definition) is 7. The third-order valence-electron chi connectivity index (χ3n) is 5.56. The Labute approximate surface area is 207 Å². The fourth-order valence-corrected chi connectivity index (χ4v) is 3.46. The van der Waals surface area contributed by atoms with E-state index in [1.807, 2.05) is 24.3 Å². The number of carboxylic acid groups (broad SMARTS) is 1. The van der Waals surface area contributed by atoms with Gasteiger partial charge in [-0.15, -0.1) is 0 Å². The molecule has 0 saturated heterocycles. The Hall–Kier alpha value is -3.97.